The third-order valence-electron chi connectivity index (χ3n) is 3.57. The highest BCUT2D eigenvalue weighted by atomic mass is 32.2. The minimum Gasteiger partial charge on any atom is -0.446 e. The van der Waals surface area contributed by atoms with Crippen LogP contribution in [0.4, 0.5) is 16.6 Å². The van der Waals surface area contributed by atoms with Gasteiger partial charge < -0.3 is 10.1 Å². The molecular formula is C16H18N4O2S. The number of aryl methyl sites for hydroxylation is 1. The molecule has 23 heavy (non-hydrogen) atoms. The van der Waals surface area contributed by atoms with Gasteiger partial charge >= 0.3 is 6.09 Å². The number of carbonyl (C=O) groups excluding carboxylic acids is 1. The van der Waals surface area contributed by atoms with E-state index in [1.54, 1.807) is 28.9 Å². The quantitative estimate of drug-likeness (QED) is 0.909. The lowest BCUT2D eigenvalue weighted by atomic mass is 10.1. The summed E-state index contributed by atoms with van der Waals surface area (Å²) in [6.07, 6.45) is 3.22. The van der Waals surface area contributed by atoms with Crippen LogP contribution in [-0.4, -0.2) is 34.3 Å². The normalized spacial score (nSPS) is 17.2. The Morgan fingerprint density at radius 2 is 2.13 bits per heavy atom. The first-order chi connectivity index (χ1) is 11.2. The van der Waals surface area contributed by atoms with E-state index in [4.69, 9.17) is 4.74 Å². The van der Waals surface area contributed by atoms with Gasteiger partial charge in [0.1, 0.15) is 17.8 Å². The van der Waals surface area contributed by atoms with Crippen molar-refractivity contribution in [2.45, 2.75) is 18.8 Å². The molecule has 1 aromatic carbocycles. The molecule has 0 spiro atoms. The number of thioether (sulfide) groups is 1. The lowest BCUT2D eigenvalue weighted by Crippen LogP contribution is -2.31. The standard InChI is InChI=1S/C16H18N4O2S/c1-11-3-5-12(6-4-11)9-18-15-17-8-7-13(19-15)20-14(23-2)10-22-16(20)21/h3-8,14H,9-10H2,1-2H3,(H,17,18,19). The lowest BCUT2D eigenvalue weighted by Gasteiger charge is -2.18. The second kappa shape index (κ2) is 6.87. The van der Waals surface area contributed by atoms with Gasteiger partial charge in [0.05, 0.1) is 0 Å². The van der Waals surface area contributed by atoms with Crippen LogP contribution < -0.4 is 10.2 Å². The van der Waals surface area contributed by atoms with Gasteiger partial charge in [0.2, 0.25) is 5.95 Å². The molecule has 1 amide bonds. The largest absolute Gasteiger partial charge is 0.446 e. The zero-order valence-electron chi connectivity index (χ0n) is 13.0. The zero-order chi connectivity index (χ0) is 16.2. The van der Waals surface area contributed by atoms with Crippen LogP contribution >= 0.6 is 11.8 Å². The van der Waals surface area contributed by atoms with Crippen molar-refractivity contribution in [3.05, 3.63) is 47.7 Å². The van der Waals surface area contributed by atoms with Gasteiger partial charge in [0, 0.05) is 12.7 Å². The number of benzene rings is 1. The van der Waals surface area contributed by atoms with E-state index < -0.39 is 0 Å². The Kier molecular flexibility index (Phi) is 4.66. The van der Waals surface area contributed by atoms with Crippen LogP contribution in [0.15, 0.2) is 36.5 Å². The van der Waals surface area contributed by atoms with E-state index in [-0.39, 0.29) is 11.5 Å². The number of hydrogen-bond acceptors (Lipinski definition) is 6. The van der Waals surface area contributed by atoms with E-state index in [1.165, 1.54) is 5.56 Å². The number of carbonyl (C=O) groups is 1. The van der Waals surface area contributed by atoms with Crippen LogP contribution in [0.5, 0.6) is 0 Å². The highest BCUT2D eigenvalue weighted by molar-refractivity contribution is 7.99. The maximum Gasteiger partial charge on any atom is 0.416 e. The first-order valence-corrected chi connectivity index (χ1v) is 8.57. The van der Waals surface area contributed by atoms with Crippen molar-refractivity contribution >= 4 is 29.6 Å². The molecule has 2 heterocycles. The Morgan fingerprint density at radius 1 is 1.35 bits per heavy atom. The first-order valence-electron chi connectivity index (χ1n) is 7.28. The summed E-state index contributed by atoms with van der Waals surface area (Å²) in [5.41, 5.74) is 2.37. The van der Waals surface area contributed by atoms with Crippen molar-refractivity contribution in [3.63, 3.8) is 0 Å². The summed E-state index contributed by atoms with van der Waals surface area (Å²) < 4.78 is 5.09. The summed E-state index contributed by atoms with van der Waals surface area (Å²) in [4.78, 5) is 22.1. The Hall–Kier alpha value is -2.28. The molecular weight excluding hydrogens is 312 g/mol. The third-order valence-corrected chi connectivity index (χ3v) is 4.46. The fourth-order valence-electron chi connectivity index (χ4n) is 2.27. The molecule has 6 nitrogen and oxygen atoms in total. The molecule has 0 aliphatic carbocycles. The third kappa shape index (κ3) is 3.56. The Morgan fingerprint density at radius 3 is 2.87 bits per heavy atom. The van der Waals surface area contributed by atoms with Crippen molar-refractivity contribution in [2.24, 2.45) is 0 Å². The minimum atomic E-state index is -0.368. The minimum absolute atomic E-state index is 0.0534. The van der Waals surface area contributed by atoms with E-state index in [2.05, 4.69) is 46.5 Å². The first kappa shape index (κ1) is 15.6. The molecule has 1 fully saturated rings. The Labute approximate surface area is 139 Å². The molecule has 1 aromatic heterocycles. The van der Waals surface area contributed by atoms with Crippen molar-refractivity contribution in [1.29, 1.82) is 0 Å². The second-order valence-electron chi connectivity index (χ2n) is 5.21. The lowest BCUT2D eigenvalue weighted by molar-refractivity contribution is 0.180. The molecule has 1 unspecified atom stereocenters. The molecule has 1 atom stereocenters. The summed E-state index contributed by atoms with van der Waals surface area (Å²) in [6.45, 7) is 3.05. The van der Waals surface area contributed by atoms with Crippen molar-refractivity contribution < 1.29 is 9.53 Å². The van der Waals surface area contributed by atoms with Crippen LogP contribution in [0.2, 0.25) is 0 Å². The number of amides is 1. The maximum atomic E-state index is 11.9. The number of nitrogens with zero attached hydrogens (tertiary/aromatic N) is 3. The fraction of sp³-hybridized carbons (Fsp3) is 0.312. The summed E-state index contributed by atoms with van der Waals surface area (Å²) in [6, 6.07) is 9.98. The van der Waals surface area contributed by atoms with Crippen LogP contribution in [0, 0.1) is 6.92 Å². The summed E-state index contributed by atoms with van der Waals surface area (Å²) >= 11 is 1.56. The number of hydrogen-bond donors (Lipinski definition) is 1. The van der Waals surface area contributed by atoms with Crippen LogP contribution in [0.3, 0.4) is 0 Å². The van der Waals surface area contributed by atoms with Gasteiger partial charge in [-0.25, -0.2) is 14.7 Å². The van der Waals surface area contributed by atoms with E-state index >= 15 is 0 Å². The number of rotatable bonds is 5. The Balaban J connectivity index is 1.72. The molecule has 1 aliphatic heterocycles. The van der Waals surface area contributed by atoms with E-state index in [0.717, 1.165) is 5.56 Å². The molecule has 0 radical (unpaired) electrons. The van der Waals surface area contributed by atoms with Gasteiger partial charge in [-0.15, -0.1) is 11.8 Å². The van der Waals surface area contributed by atoms with Gasteiger partial charge in [-0.05, 0) is 24.8 Å². The highest BCUT2D eigenvalue weighted by Crippen LogP contribution is 2.26. The van der Waals surface area contributed by atoms with Gasteiger partial charge in [-0.1, -0.05) is 29.8 Å². The van der Waals surface area contributed by atoms with Crippen molar-refractivity contribution in [3.8, 4) is 0 Å². The average molecular weight is 330 g/mol. The summed E-state index contributed by atoms with van der Waals surface area (Å²) in [7, 11) is 0. The second-order valence-corrected chi connectivity index (χ2v) is 6.23. The zero-order valence-corrected chi connectivity index (χ0v) is 13.8. The summed E-state index contributed by atoms with van der Waals surface area (Å²) in [5.74, 6) is 1.04. The highest BCUT2D eigenvalue weighted by Gasteiger charge is 2.34. The smallest absolute Gasteiger partial charge is 0.416 e. The van der Waals surface area contributed by atoms with Crippen LogP contribution in [0.25, 0.3) is 0 Å². The van der Waals surface area contributed by atoms with Gasteiger partial charge in [-0.3, -0.25) is 0 Å². The van der Waals surface area contributed by atoms with Gasteiger partial charge in [-0.2, -0.15) is 4.98 Å². The SMILES string of the molecule is CSC1COC(=O)N1c1ccnc(NCc2ccc(C)cc2)n1. The molecule has 0 saturated carbocycles. The van der Waals surface area contributed by atoms with Crippen LogP contribution in [-0.2, 0) is 11.3 Å². The molecule has 2 aromatic rings. The van der Waals surface area contributed by atoms with E-state index in [1.807, 2.05) is 6.26 Å². The molecule has 1 aliphatic rings. The topological polar surface area (TPSA) is 67.3 Å². The average Bonchev–Trinajstić information content (AvgIpc) is 2.95. The number of aromatic nitrogens is 2. The molecule has 1 N–H and O–H groups in total. The number of cyclic esters (lactones) is 1. The summed E-state index contributed by atoms with van der Waals surface area (Å²) in [5, 5.41) is 3.13. The van der Waals surface area contributed by atoms with Crippen LogP contribution in [0.1, 0.15) is 11.1 Å². The predicted octanol–water partition coefficient (Wildman–Crippen LogP) is 3.04. The molecule has 7 heteroatoms. The maximum absolute atomic E-state index is 11.9. The Bertz CT molecular complexity index is 693. The molecule has 1 saturated heterocycles. The molecule has 0 bridgehead atoms. The fourth-order valence-corrected chi connectivity index (χ4v) is 2.88. The van der Waals surface area contributed by atoms with Gasteiger partial charge in [0.25, 0.3) is 0 Å². The number of ether oxygens (including phenoxy) is 1. The van der Waals surface area contributed by atoms with Crippen molar-refractivity contribution in [2.75, 3.05) is 23.1 Å². The van der Waals surface area contributed by atoms with E-state index in [0.29, 0.717) is 24.9 Å². The van der Waals surface area contributed by atoms with E-state index in [9.17, 15) is 4.79 Å². The number of anilines is 2. The predicted molar refractivity (Wildman–Crippen MR) is 91.7 cm³/mol. The van der Waals surface area contributed by atoms with Gasteiger partial charge in [0.15, 0.2) is 0 Å². The van der Waals surface area contributed by atoms with Crippen molar-refractivity contribution in [1.82, 2.24) is 9.97 Å². The number of nitrogens with one attached hydrogen (secondary N) is 1. The monoisotopic (exact) mass is 330 g/mol. The molecule has 3 rings (SSSR count). The molecule has 120 valence electrons.